The van der Waals surface area contributed by atoms with Gasteiger partial charge in [0, 0.05) is 6.42 Å². The Morgan fingerprint density at radius 1 is 1.46 bits per heavy atom. The third kappa shape index (κ3) is 2.44. The molecule has 0 radical (unpaired) electrons. The maximum atomic E-state index is 10.3. The van der Waals surface area contributed by atoms with Gasteiger partial charge in [-0.15, -0.1) is 0 Å². The Hall–Kier alpha value is -0.570. The summed E-state index contributed by atoms with van der Waals surface area (Å²) in [6, 6.07) is 0. The first kappa shape index (κ1) is 10.5. The molecule has 0 spiro atoms. The number of aliphatic carboxylic acids is 1. The van der Waals surface area contributed by atoms with E-state index in [0.29, 0.717) is 6.10 Å². The van der Waals surface area contributed by atoms with Crippen LogP contribution >= 0.6 is 0 Å². The summed E-state index contributed by atoms with van der Waals surface area (Å²) < 4.78 is 5.59. The van der Waals surface area contributed by atoms with Crippen molar-refractivity contribution < 1.29 is 14.6 Å². The number of carboxylic acid groups (broad SMARTS) is 1. The van der Waals surface area contributed by atoms with Gasteiger partial charge in [-0.25, -0.2) is 0 Å². The Morgan fingerprint density at radius 2 is 2.08 bits per heavy atom. The van der Waals surface area contributed by atoms with Crippen LogP contribution in [0, 0.1) is 0 Å². The normalized spacial score (nSPS) is 24.3. The molecule has 0 aromatic rings. The van der Waals surface area contributed by atoms with E-state index in [1.165, 1.54) is 0 Å². The van der Waals surface area contributed by atoms with Crippen LogP contribution < -0.4 is 0 Å². The minimum Gasteiger partial charge on any atom is -0.481 e. The fourth-order valence-corrected chi connectivity index (χ4v) is 1.88. The third-order valence-corrected chi connectivity index (χ3v) is 2.96. The first-order chi connectivity index (χ1) is 6.14. The molecule has 3 heteroatoms. The molecule has 0 aromatic carbocycles. The molecule has 1 saturated heterocycles. The van der Waals surface area contributed by atoms with Gasteiger partial charge in [0.1, 0.15) is 0 Å². The molecular formula is C10H18O3. The van der Waals surface area contributed by atoms with Crippen molar-refractivity contribution in [1.29, 1.82) is 0 Å². The summed E-state index contributed by atoms with van der Waals surface area (Å²) in [5, 5.41) is 8.45. The van der Waals surface area contributed by atoms with Crippen LogP contribution in [0.15, 0.2) is 0 Å². The second-order valence-corrected chi connectivity index (χ2v) is 3.66. The average molecular weight is 186 g/mol. The van der Waals surface area contributed by atoms with Crippen LogP contribution in [0.4, 0.5) is 0 Å². The number of ether oxygens (including phenoxy) is 1. The highest BCUT2D eigenvalue weighted by molar-refractivity contribution is 5.66. The van der Waals surface area contributed by atoms with Crippen molar-refractivity contribution in [3.05, 3.63) is 0 Å². The number of hydrogen-bond acceptors (Lipinski definition) is 2. The molecule has 1 aliphatic rings. The molecule has 0 amide bonds. The lowest BCUT2D eigenvalue weighted by Crippen LogP contribution is -2.12. The zero-order valence-electron chi connectivity index (χ0n) is 8.38. The van der Waals surface area contributed by atoms with Gasteiger partial charge in [0.15, 0.2) is 0 Å². The third-order valence-electron chi connectivity index (χ3n) is 2.96. The van der Waals surface area contributed by atoms with Crippen LogP contribution in [0.2, 0.25) is 0 Å². The van der Waals surface area contributed by atoms with E-state index in [1.54, 1.807) is 0 Å². The predicted molar refractivity (Wildman–Crippen MR) is 49.7 cm³/mol. The first-order valence-electron chi connectivity index (χ1n) is 5.04. The van der Waals surface area contributed by atoms with Gasteiger partial charge in [0.05, 0.1) is 11.7 Å². The van der Waals surface area contributed by atoms with Gasteiger partial charge in [-0.05, 0) is 25.7 Å². The molecule has 1 fully saturated rings. The highest BCUT2D eigenvalue weighted by Gasteiger charge is 2.52. The van der Waals surface area contributed by atoms with Gasteiger partial charge in [-0.3, -0.25) is 4.79 Å². The molecule has 0 aliphatic carbocycles. The minimum absolute atomic E-state index is 0.0957. The van der Waals surface area contributed by atoms with E-state index in [1.807, 2.05) is 0 Å². The number of carbonyl (C=O) groups is 1. The van der Waals surface area contributed by atoms with Crippen molar-refractivity contribution in [3.63, 3.8) is 0 Å². The molecule has 76 valence electrons. The van der Waals surface area contributed by atoms with Crippen molar-refractivity contribution in [1.82, 2.24) is 0 Å². The lowest BCUT2D eigenvalue weighted by atomic mass is 9.96. The van der Waals surface area contributed by atoms with Gasteiger partial charge in [0.2, 0.25) is 0 Å². The zero-order valence-corrected chi connectivity index (χ0v) is 8.38. The standard InChI is InChI=1S/C10H18O3/c1-3-10(4-2)8(13-10)6-5-7-9(11)12/h8H,3-7H2,1-2H3,(H,11,12). The zero-order chi connectivity index (χ0) is 9.90. The van der Waals surface area contributed by atoms with E-state index >= 15 is 0 Å². The fraction of sp³-hybridized carbons (Fsp3) is 0.900. The van der Waals surface area contributed by atoms with Gasteiger partial charge < -0.3 is 9.84 Å². The number of rotatable bonds is 6. The molecule has 1 aliphatic heterocycles. The largest absolute Gasteiger partial charge is 0.481 e. The number of carboxylic acids is 1. The van der Waals surface area contributed by atoms with Crippen LogP contribution in [0.1, 0.15) is 46.0 Å². The van der Waals surface area contributed by atoms with E-state index in [2.05, 4.69) is 13.8 Å². The van der Waals surface area contributed by atoms with E-state index in [0.717, 1.165) is 25.7 Å². The number of hydrogen-bond donors (Lipinski definition) is 1. The lowest BCUT2D eigenvalue weighted by Gasteiger charge is -2.04. The summed E-state index contributed by atoms with van der Waals surface area (Å²) >= 11 is 0. The fourth-order valence-electron chi connectivity index (χ4n) is 1.88. The van der Waals surface area contributed by atoms with Crippen LogP contribution in [0.3, 0.4) is 0 Å². The SMILES string of the molecule is CCC1(CC)OC1CCCC(=O)O. The van der Waals surface area contributed by atoms with Crippen LogP contribution in [-0.2, 0) is 9.53 Å². The Labute approximate surface area is 79.1 Å². The van der Waals surface area contributed by atoms with Gasteiger partial charge in [0.25, 0.3) is 0 Å². The summed E-state index contributed by atoms with van der Waals surface area (Å²) in [4.78, 5) is 10.3. The van der Waals surface area contributed by atoms with Gasteiger partial charge in [-0.2, -0.15) is 0 Å². The molecule has 3 nitrogen and oxygen atoms in total. The lowest BCUT2D eigenvalue weighted by molar-refractivity contribution is -0.137. The Bertz CT molecular complexity index is 185. The van der Waals surface area contributed by atoms with Crippen LogP contribution in [-0.4, -0.2) is 22.8 Å². The quantitative estimate of drug-likeness (QED) is 0.647. The summed E-state index contributed by atoms with van der Waals surface area (Å²) in [5.74, 6) is -0.709. The average Bonchev–Trinajstić information content (AvgIpc) is 2.79. The van der Waals surface area contributed by atoms with E-state index in [-0.39, 0.29) is 12.0 Å². The van der Waals surface area contributed by atoms with E-state index in [4.69, 9.17) is 9.84 Å². The van der Waals surface area contributed by atoms with Crippen LogP contribution in [0.5, 0.6) is 0 Å². The van der Waals surface area contributed by atoms with Crippen molar-refractivity contribution in [2.75, 3.05) is 0 Å². The monoisotopic (exact) mass is 186 g/mol. The summed E-state index contributed by atoms with van der Waals surface area (Å²) in [5.41, 5.74) is 0.0957. The van der Waals surface area contributed by atoms with Crippen molar-refractivity contribution >= 4 is 5.97 Å². The predicted octanol–water partition coefficient (Wildman–Crippen LogP) is 2.20. The Balaban J connectivity index is 2.16. The second-order valence-electron chi connectivity index (χ2n) is 3.66. The van der Waals surface area contributed by atoms with Crippen molar-refractivity contribution in [2.24, 2.45) is 0 Å². The number of epoxide rings is 1. The van der Waals surface area contributed by atoms with Crippen LogP contribution in [0.25, 0.3) is 0 Å². The molecule has 1 rings (SSSR count). The van der Waals surface area contributed by atoms with Crippen molar-refractivity contribution in [2.45, 2.75) is 57.7 Å². The molecule has 13 heavy (non-hydrogen) atoms. The summed E-state index contributed by atoms with van der Waals surface area (Å²) in [6.07, 6.45) is 4.31. The van der Waals surface area contributed by atoms with Crippen molar-refractivity contribution in [3.8, 4) is 0 Å². The molecule has 0 saturated carbocycles. The summed E-state index contributed by atoms with van der Waals surface area (Å²) in [6.45, 7) is 4.25. The molecule has 1 unspecified atom stereocenters. The Kier molecular flexibility index (Phi) is 3.31. The van der Waals surface area contributed by atoms with E-state index < -0.39 is 5.97 Å². The minimum atomic E-state index is -0.709. The molecular weight excluding hydrogens is 168 g/mol. The molecule has 1 atom stereocenters. The molecule has 1 heterocycles. The van der Waals surface area contributed by atoms with Gasteiger partial charge >= 0.3 is 5.97 Å². The van der Waals surface area contributed by atoms with Gasteiger partial charge in [-0.1, -0.05) is 13.8 Å². The first-order valence-corrected chi connectivity index (χ1v) is 5.04. The highest BCUT2D eigenvalue weighted by Crippen LogP contribution is 2.45. The topological polar surface area (TPSA) is 49.8 Å². The second kappa shape index (κ2) is 4.09. The smallest absolute Gasteiger partial charge is 0.303 e. The molecule has 1 N–H and O–H groups in total. The molecule has 0 aromatic heterocycles. The molecule has 0 bridgehead atoms. The van der Waals surface area contributed by atoms with E-state index in [9.17, 15) is 4.79 Å². The highest BCUT2D eigenvalue weighted by atomic mass is 16.6. The Morgan fingerprint density at radius 3 is 2.46 bits per heavy atom. The maximum absolute atomic E-state index is 10.3. The maximum Gasteiger partial charge on any atom is 0.303 e. The summed E-state index contributed by atoms with van der Waals surface area (Å²) in [7, 11) is 0.